The van der Waals surface area contributed by atoms with Crippen LogP contribution in [0.4, 0.5) is 13.2 Å². The second-order valence-corrected chi connectivity index (χ2v) is 8.30. The topological polar surface area (TPSA) is 52.6 Å². The van der Waals surface area contributed by atoms with E-state index in [2.05, 4.69) is 13.8 Å². The van der Waals surface area contributed by atoms with Crippen molar-refractivity contribution in [2.75, 3.05) is 6.61 Å². The van der Waals surface area contributed by atoms with Gasteiger partial charge in [0.25, 0.3) is 0 Å². The number of hydrogen-bond acceptors (Lipinski definition) is 4. The van der Waals surface area contributed by atoms with E-state index in [1.807, 2.05) is 49.4 Å². The van der Waals surface area contributed by atoms with Crippen LogP contribution in [0.25, 0.3) is 11.1 Å². The molecule has 36 heavy (non-hydrogen) atoms. The lowest BCUT2D eigenvalue weighted by Crippen LogP contribution is -2.08. The summed E-state index contributed by atoms with van der Waals surface area (Å²) in [6, 6.07) is 19.0. The lowest BCUT2D eigenvalue weighted by atomic mass is 9.98. The van der Waals surface area contributed by atoms with Gasteiger partial charge in [0.1, 0.15) is 17.6 Å². The molecule has 0 heterocycles. The van der Waals surface area contributed by atoms with Gasteiger partial charge in [0, 0.05) is 0 Å². The number of aryl methyl sites for hydroxylation is 1. The maximum Gasteiger partial charge on any atom is 0.416 e. The van der Waals surface area contributed by atoms with Crippen LogP contribution in [-0.2, 0) is 15.8 Å². The minimum atomic E-state index is -4.33. The maximum absolute atomic E-state index is 12.8. The molecule has 0 aromatic heterocycles. The van der Waals surface area contributed by atoms with Crippen molar-refractivity contribution >= 4 is 6.15 Å². The van der Waals surface area contributed by atoms with Crippen LogP contribution < -0.4 is 9.47 Å². The first kappa shape index (κ1) is 28.7. The summed E-state index contributed by atoms with van der Waals surface area (Å²) in [5, 5.41) is 0. The van der Waals surface area contributed by atoms with E-state index in [0.29, 0.717) is 6.61 Å². The monoisotopic (exact) mass is 500 g/mol. The van der Waals surface area contributed by atoms with Crippen molar-refractivity contribution in [1.29, 1.82) is 0 Å². The van der Waals surface area contributed by atoms with Crippen molar-refractivity contribution in [1.82, 2.24) is 0 Å². The minimum absolute atomic E-state index is 0.103. The van der Waals surface area contributed by atoms with Crippen molar-refractivity contribution in [2.24, 2.45) is 0 Å². The summed E-state index contributed by atoms with van der Waals surface area (Å²) < 4.78 is 50.6. The van der Waals surface area contributed by atoms with E-state index < -0.39 is 11.7 Å². The van der Waals surface area contributed by atoms with Gasteiger partial charge in [0.05, 0.1) is 12.2 Å². The van der Waals surface area contributed by atoms with Gasteiger partial charge in [-0.3, -0.25) is 0 Å². The van der Waals surface area contributed by atoms with E-state index in [1.54, 1.807) is 0 Å². The summed E-state index contributed by atoms with van der Waals surface area (Å²) in [4.78, 5) is 16.2. The number of benzene rings is 3. The minimum Gasteiger partial charge on any atom is -0.493 e. The van der Waals surface area contributed by atoms with E-state index in [4.69, 9.17) is 19.1 Å². The molecule has 3 aromatic rings. The highest BCUT2D eigenvalue weighted by molar-refractivity contribution is 5.64. The Morgan fingerprint density at radius 1 is 0.861 bits per heavy atom. The van der Waals surface area contributed by atoms with Crippen LogP contribution in [0.5, 0.6) is 11.5 Å². The summed E-state index contributed by atoms with van der Waals surface area (Å²) in [5.74, 6) is 1.67. The molecule has 1 unspecified atom stereocenters. The van der Waals surface area contributed by atoms with Crippen molar-refractivity contribution in [3.8, 4) is 22.6 Å². The molecular formula is C29H31F3O4. The number of alkyl halides is 3. The molecule has 0 N–H and O–H groups in total. The molecule has 0 saturated heterocycles. The Hall–Kier alpha value is -3.57. The first-order chi connectivity index (χ1) is 17.2. The second-order valence-electron chi connectivity index (χ2n) is 8.30. The highest BCUT2D eigenvalue weighted by atomic mass is 19.4. The van der Waals surface area contributed by atoms with Crippen LogP contribution in [-0.4, -0.2) is 12.8 Å². The Labute approximate surface area is 210 Å². The van der Waals surface area contributed by atoms with Gasteiger partial charge >= 0.3 is 12.3 Å². The summed E-state index contributed by atoms with van der Waals surface area (Å²) in [7, 11) is 0. The van der Waals surface area contributed by atoms with E-state index in [1.165, 1.54) is 12.1 Å². The molecule has 0 aliphatic rings. The Kier molecular flexibility index (Phi) is 11.2. The maximum atomic E-state index is 12.8. The zero-order valence-corrected chi connectivity index (χ0v) is 20.7. The third kappa shape index (κ3) is 8.58. The van der Waals surface area contributed by atoms with Crippen LogP contribution in [0.2, 0.25) is 0 Å². The van der Waals surface area contributed by atoms with E-state index in [-0.39, 0.29) is 12.3 Å². The van der Waals surface area contributed by atoms with Gasteiger partial charge in [-0.2, -0.15) is 22.8 Å². The summed E-state index contributed by atoms with van der Waals surface area (Å²) in [5.41, 5.74) is 3.06. The van der Waals surface area contributed by atoms with Gasteiger partial charge in [-0.15, -0.1) is 0 Å². The van der Waals surface area contributed by atoms with Crippen molar-refractivity contribution < 1.29 is 32.2 Å². The first-order valence-corrected chi connectivity index (χ1v) is 11.9. The van der Waals surface area contributed by atoms with Crippen molar-refractivity contribution in [3.05, 3.63) is 83.4 Å². The lowest BCUT2D eigenvalue weighted by molar-refractivity contribution is -0.191. The number of carbonyl (C=O) groups excluding carboxylic acids is 2. The molecule has 1 atom stereocenters. The first-order valence-electron chi connectivity index (χ1n) is 11.9. The predicted octanol–water partition coefficient (Wildman–Crippen LogP) is 8.20. The number of halogens is 3. The van der Waals surface area contributed by atoms with Crippen LogP contribution in [0, 0.1) is 6.92 Å². The third-order valence-corrected chi connectivity index (χ3v) is 5.53. The van der Waals surface area contributed by atoms with Gasteiger partial charge in [0.2, 0.25) is 0 Å². The predicted molar refractivity (Wildman–Crippen MR) is 132 cm³/mol. The van der Waals surface area contributed by atoms with Crippen LogP contribution in [0.15, 0.2) is 66.7 Å². The fraction of sp³-hybridized carbons (Fsp3) is 0.345. The molecule has 0 amide bonds. The number of unbranched alkanes of at least 4 members (excludes halogenated alkanes) is 1. The lowest BCUT2D eigenvalue weighted by Gasteiger charge is -2.21. The zero-order chi connectivity index (χ0) is 26.6. The third-order valence-electron chi connectivity index (χ3n) is 5.53. The Morgan fingerprint density at radius 2 is 1.44 bits per heavy atom. The standard InChI is InChI=1S/C28H31F3O2.CO2/c1-4-6-7-27(33-25-16-17-26(20(3)19-25)32-18-5-2)23-10-8-21(9-11-23)22-12-14-24(15-13-22)28(29,30)31;2-1-3/h8-17,19,27H,4-7,18H2,1-3H3;. The van der Waals surface area contributed by atoms with Crippen LogP contribution in [0.3, 0.4) is 0 Å². The highest BCUT2D eigenvalue weighted by Crippen LogP contribution is 2.33. The largest absolute Gasteiger partial charge is 0.493 e. The highest BCUT2D eigenvalue weighted by Gasteiger charge is 2.30. The molecule has 0 fully saturated rings. The molecule has 3 aromatic carbocycles. The molecule has 4 nitrogen and oxygen atoms in total. The molecule has 0 aliphatic heterocycles. The Bertz CT molecular complexity index is 1100. The molecule has 0 bridgehead atoms. The van der Waals surface area contributed by atoms with Crippen molar-refractivity contribution in [3.63, 3.8) is 0 Å². The fourth-order valence-corrected chi connectivity index (χ4v) is 3.66. The van der Waals surface area contributed by atoms with E-state index in [9.17, 15) is 13.2 Å². The van der Waals surface area contributed by atoms with Gasteiger partial charge in [-0.25, -0.2) is 0 Å². The summed E-state index contributed by atoms with van der Waals surface area (Å²) in [6.45, 7) is 6.92. The second kappa shape index (κ2) is 14.1. The van der Waals surface area contributed by atoms with Gasteiger partial charge in [-0.05, 0) is 78.8 Å². The summed E-state index contributed by atoms with van der Waals surface area (Å²) >= 11 is 0. The molecular weight excluding hydrogens is 469 g/mol. The average molecular weight is 501 g/mol. The van der Waals surface area contributed by atoms with E-state index >= 15 is 0 Å². The number of hydrogen-bond donors (Lipinski definition) is 0. The zero-order valence-electron chi connectivity index (χ0n) is 20.7. The Balaban J connectivity index is 0.00000145. The molecule has 3 rings (SSSR count). The van der Waals surface area contributed by atoms with E-state index in [0.717, 1.165) is 71.6 Å². The molecule has 7 heteroatoms. The molecule has 0 saturated carbocycles. The normalized spacial score (nSPS) is 11.6. The molecule has 0 radical (unpaired) electrons. The van der Waals surface area contributed by atoms with Gasteiger partial charge in [-0.1, -0.05) is 56.7 Å². The number of ether oxygens (including phenoxy) is 2. The fourth-order valence-electron chi connectivity index (χ4n) is 3.66. The summed E-state index contributed by atoms with van der Waals surface area (Å²) in [6.07, 6.45) is -0.254. The average Bonchev–Trinajstić information content (AvgIpc) is 2.86. The van der Waals surface area contributed by atoms with Crippen molar-refractivity contribution in [2.45, 2.75) is 58.7 Å². The molecule has 0 aliphatic carbocycles. The molecule has 192 valence electrons. The smallest absolute Gasteiger partial charge is 0.416 e. The van der Waals surface area contributed by atoms with Gasteiger partial charge in [0.15, 0.2) is 0 Å². The SMILES string of the molecule is CCCCC(Oc1ccc(OCCC)c(C)c1)c1ccc(-c2ccc(C(F)(F)F)cc2)cc1.O=C=O. The Morgan fingerprint density at radius 3 is 1.94 bits per heavy atom. The number of rotatable bonds is 10. The van der Waals surface area contributed by atoms with Crippen LogP contribution >= 0.6 is 0 Å². The quantitative estimate of drug-likeness (QED) is 0.282. The van der Waals surface area contributed by atoms with Crippen LogP contribution in [0.1, 0.15) is 62.3 Å². The molecule has 0 spiro atoms. The van der Waals surface area contributed by atoms with Gasteiger partial charge < -0.3 is 9.47 Å².